The molecule has 2 fully saturated rings. The van der Waals surface area contributed by atoms with Crippen LogP contribution in [0.15, 0.2) is 24.3 Å². The minimum absolute atomic E-state index is 0.0299. The lowest BCUT2D eigenvalue weighted by Crippen LogP contribution is -2.44. The van der Waals surface area contributed by atoms with Gasteiger partial charge < -0.3 is 14.5 Å². The third-order valence-corrected chi connectivity index (χ3v) is 5.53. The van der Waals surface area contributed by atoms with Crippen LogP contribution in [0.25, 0.3) is 0 Å². The number of rotatable bonds is 3. The Bertz CT molecular complexity index is 656. The maximum absolute atomic E-state index is 13.8. The van der Waals surface area contributed by atoms with Crippen LogP contribution < -0.4 is 0 Å². The van der Waals surface area contributed by atoms with E-state index in [1.54, 1.807) is 42.1 Å². The van der Waals surface area contributed by atoms with Crippen LogP contribution >= 0.6 is 0 Å². The minimum Gasteiger partial charge on any atom is -0.381 e. The zero-order valence-corrected chi connectivity index (χ0v) is 14.8. The SMILES string of the molecule is CN(C)C(=O)C1CN(C(=O)Cc2ccccc2F)CC12CCOCC2. The van der Waals surface area contributed by atoms with Crippen LogP contribution in [0.3, 0.4) is 0 Å². The first-order valence-corrected chi connectivity index (χ1v) is 8.73. The van der Waals surface area contributed by atoms with Crippen molar-refractivity contribution in [3.8, 4) is 0 Å². The third-order valence-electron chi connectivity index (χ3n) is 5.53. The second-order valence-corrected chi connectivity index (χ2v) is 7.30. The molecule has 1 aromatic carbocycles. The Morgan fingerprint density at radius 2 is 1.96 bits per heavy atom. The van der Waals surface area contributed by atoms with Crippen molar-refractivity contribution in [2.75, 3.05) is 40.4 Å². The van der Waals surface area contributed by atoms with Crippen molar-refractivity contribution in [3.63, 3.8) is 0 Å². The number of likely N-dealkylation sites (tertiary alicyclic amines) is 1. The van der Waals surface area contributed by atoms with Gasteiger partial charge in [0.2, 0.25) is 11.8 Å². The van der Waals surface area contributed by atoms with Crippen molar-refractivity contribution >= 4 is 11.8 Å². The Labute approximate surface area is 147 Å². The highest BCUT2D eigenvalue weighted by atomic mass is 19.1. The summed E-state index contributed by atoms with van der Waals surface area (Å²) in [5.74, 6) is -0.638. The van der Waals surface area contributed by atoms with Gasteiger partial charge in [0, 0.05) is 45.8 Å². The van der Waals surface area contributed by atoms with E-state index >= 15 is 0 Å². The molecule has 0 N–H and O–H groups in total. The van der Waals surface area contributed by atoms with Crippen LogP contribution in [0.5, 0.6) is 0 Å². The number of hydrogen-bond acceptors (Lipinski definition) is 3. The molecule has 5 nitrogen and oxygen atoms in total. The van der Waals surface area contributed by atoms with Gasteiger partial charge in [-0.1, -0.05) is 18.2 Å². The van der Waals surface area contributed by atoms with E-state index in [-0.39, 0.29) is 35.4 Å². The zero-order chi connectivity index (χ0) is 18.0. The van der Waals surface area contributed by atoms with E-state index in [4.69, 9.17) is 4.74 Å². The minimum atomic E-state index is -0.364. The Kier molecular flexibility index (Phi) is 5.08. The van der Waals surface area contributed by atoms with Crippen molar-refractivity contribution in [1.82, 2.24) is 9.80 Å². The molecule has 1 spiro atoms. The first-order chi connectivity index (χ1) is 11.9. The number of halogens is 1. The molecule has 25 heavy (non-hydrogen) atoms. The second-order valence-electron chi connectivity index (χ2n) is 7.30. The standard InChI is InChI=1S/C19H25FN2O3/c1-21(2)18(24)15-12-22(13-19(15)7-9-25-10-8-19)17(23)11-14-5-3-4-6-16(14)20/h3-6,15H,7-13H2,1-2H3. The van der Waals surface area contributed by atoms with E-state index in [2.05, 4.69) is 0 Å². The van der Waals surface area contributed by atoms with Gasteiger partial charge in [-0.2, -0.15) is 0 Å². The lowest BCUT2D eigenvalue weighted by atomic mass is 9.71. The second kappa shape index (κ2) is 7.12. The summed E-state index contributed by atoms with van der Waals surface area (Å²) in [6.45, 7) is 2.19. The highest BCUT2D eigenvalue weighted by molar-refractivity contribution is 5.84. The fourth-order valence-corrected chi connectivity index (χ4v) is 4.01. The van der Waals surface area contributed by atoms with Crippen molar-refractivity contribution in [3.05, 3.63) is 35.6 Å². The smallest absolute Gasteiger partial charge is 0.227 e. The van der Waals surface area contributed by atoms with Gasteiger partial charge in [-0.3, -0.25) is 9.59 Å². The number of carbonyl (C=O) groups excluding carboxylic acids is 2. The predicted molar refractivity (Wildman–Crippen MR) is 91.4 cm³/mol. The van der Waals surface area contributed by atoms with Gasteiger partial charge in [-0.25, -0.2) is 4.39 Å². The van der Waals surface area contributed by atoms with E-state index in [0.29, 0.717) is 31.9 Å². The van der Waals surface area contributed by atoms with Crippen LogP contribution in [0, 0.1) is 17.2 Å². The van der Waals surface area contributed by atoms with Gasteiger partial charge in [0.15, 0.2) is 0 Å². The zero-order valence-electron chi connectivity index (χ0n) is 14.8. The van der Waals surface area contributed by atoms with Crippen molar-refractivity contribution in [2.24, 2.45) is 11.3 Å². The summed E-state index contributed by atoms with van der Waals surface area (Å²) in [5, 5.41) is 0. The molecule has 0 saturated carbocycles. The highest BCUT2D eigenvalue weighted by Gasteiger charge is 2.52. The number of nitrogens with zero attached hydrogens (tertiary/aromatic N) is 2. The van der Waals surface area contributed by atoms with Gasteiger partial charge in [0.05, 0.1) is 12.3 Å². The molecule has 136 valence electrons. The molecular formula is C19H25FN2O3. The highest BCUT2D eigenvalue weighted by Crippen LogP contribution is 2.45. The fraction of sp³-hybridized carbons (Fsp3) is 0.579. The summed E-state index contributed by atoms with van der Waals surface area (Å²) in [6.07, 6.45) is 1.59. The maximum atomic E-state index is 13.8. The molecule has 2 heterocycles. The molecule has 1 unspecified atom stereocenters. The van der Waals surface area contributed by atoms with E-state index in [9.17, 15) is 14.0 Å². The quantitative estimate of drug-likeness (QED) is 0.836. The van der Waals surface area contributed by atoms with E-state index in [1.165, 1.54) is 6.07 Å². The predicted octanol–water partition coefficient (Wildman–Crippen LogP) is 1.71. The van der Waals surface area contributed by atoms with Crippen LogP contribution in [0.2, 0.25) is 0 Å². The average Bonchev–Trinajstić information content (AvgIpc) is 2.95. The lowest BCUT2D eigenvalue weighted by Gasteiger charge is -2.37. The molecule has 2 saturated heterocycles. The normalized spacial score (nSPS) is 22.2. The molecule has 2 aliphatic heterocycles. The van der Waals surface area contributed by atoms with Gasteiger partial charge >= 0.3 is 0 Å². The van der Waals surface area contributed by atoms with Crippen LogP contribution in [0.1, 0.15) is 18.4 Å². The molecular weight excluding hydrogens is 323 g/mol. The molecule has 1 atom stereocenters. The average molecular weight is 348 g/mol. The molecule has 0 bridgehead atoms. The van der Waals surface area contributed by atoms with E-state index in [0.717, 1.165) is 12.8 Å². The van der Waals surface area contributed by atoms with Crippen LogP contribution in [-0.4, -0.2) is 62.0 Å². The van der Waals surface area contributed by atoms with Gasteiger partial charge in [-0.05, 0) is 24.5 Å². The monoisotopic (exact) mass is 348 g/mol. The third kappa shape index (κ3) is 3.54. The maximum Gasteiger partial charge on any atom is 0.227 e. The Hall–Kier alpha value is -1.95. The number of hydrogen-bond donors (Lipinski definition) is 0. The van der Waals surface area contributed by atoms with Crippen LogP contribution in [-0.2, 0) is 20.7 Å². The summed E-state index contributed by atoms with van der Waals surface area (Å²) in [4.78, 5) is 28.8. The summed E-state index contributed by atoms with van der Waals surface area (Å²) >= 11 is 0. The summed E-state index contributed by atoms with van der Waals surface area (Å²) in [5.41, 5.74) is 0.181. The Morgan fingerprint density at radius 3 is 2.60 bits per heavy atom. The van der Waals surface area contributed by atoms with Gasteiger partial charge in [-0.15, -0.1) is 0 Å². The molecule has 1 aromatic rings. The molecule has 0 aromatic heterocycles. The Balaban J connectivity index is 1.78. The van der Waals surface area contributed by atoms with E-state index < -0.39 is 0 Å². The molecule has 6 heteroatoms. The molecule has 0 radical (unpaired) electrons. The summed E-state index contributed by atoms with van der Waals surface area (Å²) in [6, 6.07) is 6.34. The summed E-state index contributed by atoms with van der Waals surface area (Å²) in [7, 11) is 3.50. The summed E-state index contributed by atoms with van der Waals surface area (Å²) < 4.78 is 19.3. The van der Waals surface area contributed by atoms with E-state index in [1.807, 2.05) is 0 Å². The molecule has 2 aliphatic rings. The number of ether oxygens (including phenoxy) is 1. The van der Waals surface area contributed by atoms with Gasteiger partial charge in [0.1, 0.15) is 5.82 Å². The van der Waals surface area contributed by atoms with Crippen molar-refractivity contribution < 1.29 is 18.7 Å². The lowest BCUT2D eigenvalue weighted by molar-refractivity contribution is -0.138. The van der Waals surface area contributed by atoms with Gasteiger partial charge in [0.25, 0.3) is 0 Å². The number of benzene rings is 1. The molecule has 0 aliphatic carbocycles. The first-order valence-electron chi connectivity index (χ1n) is 8.73. The topological polar surface area (TPSA) is 49.9 Å². The largest absolute Gasteiger partial charge is 0.381 e. The molecule has 2 amide bonds. The van der Waals surface area contributed by atoms with Crippen molar-refractivity contribution in [2.45, 2.75) is 19.3 Å². The van der Waals surface area contributed by atoms with Crippen molar-refractivity contribution in [1.29, 1.82) is 0 Å². The Morgan fingerprint density at radius 1 is 1.28 bits per heavy atom. The number of amides is 2. The van der Waals surface area contributed by atoms with Crippen LogP contribution in [0.4, 0.5) is 4.39 Å². The molecule has 3 rings (SSSR count). The number of carbonyl (C=O) groups is 2. The fourth-order valence-electron chi connectivity index (χ4n) is 4.01. The first kappa shape index (κ1) is 17.9.